The zero-order valence-electron chi connectivity index (χ0n) is 12.6. The molecule has 0 radical (unpaired) electrons. The van der Waals surface area contributed by atoms with E-state index in [4.69, 9.17) is 14.3 Å². The van der Waals surface area contributed by atoms with E-state index in [0.717, 1.165) is 19.4 Å². The van der Waals surface area contributed by atoms with Crippen molar-refractivity contribution >= 4 is 0 Å². The molecular formula is C16H27NO3. The molecule has 4 fully saturated rings. The van der Waals surface area contributed by atoms with Crippen LogP contribution in [0.4, 0.5) is 0 Å². The maximum absolute atomic E-state index is 6.40. The van der Waals surface area contributed by atoms with E-state index >= 15 is 0 Å². The second-order valence-corrected chi connectivity index (χ2v) is 7.07. The molecule has 2 aliphatic heterocycles. The summed E-state index contributed by atoms with van der Waals surface area (Å²) in [5.74, 6) is 0.374. The fourth-order valence-electron chi connectivity index (χ4n) is 4.76. The van der Waals surface area contributed by atoms with Crippen molar-refractivity contribution in [1.29, 1.82) is 0 Å². The van der Waals surface area contributed by atoms with Gasteiger partial charge in [-0.05, 0) is 25.7 Å². The minimum atomic E-state index is -0.266. The van der Waals surface area contributed by atoms with Crippen LogP contribution in [0, 0.1) is 5.92 Å². The Labute approximate surface area is 121 Å². The quantitative estimate of drug-likeness (QED) is 0.739. The molecule has 0 aromatic carbocycles. The van der Waals surface area contributed by atoms with Crippen LogP contribution in [0.2, 0.25) is 0 Å². The van der Waals surface area contributed by atoms with Crippen LogP contribution >= 0.6 is 0 Å². The van der Waals surface area contributed by atoms with Gasteiger partial charge in [-0.2, -0.15) is 5.06 Å². The summed E-state index contributed by atoms with van der Waals surface area (Å²) in [6.45, 7) is 0.724. The van der Waals surface area contributed by atoms with Crippen LogP contribution < -0.4 is 0 Å². The number of rotatable bonds is 1. The summed E-state index contributed by atoms with van der Waals surface area (Å²) in [5, 5.41) is 2.10. The van der Waals surface area contributed by atoms with Crippen molar-refractivity contribution in [3.05, 3.63) is 0 Å². The average Bonchev–Trinajstić information content (AvgIpc) is 3.03. The highest BCUT2D eigenvalue weighted by Crippen LogP contribution is 2.44. The van der Waals surface area contributed by atoms with Crippen LogP contribution in [0.15, 0.2) is 0 Å². The molecule has 0 bridgehead atoms. The zero-order valence-corrected chi connectivity index (χ0v) is 12.6. The van der Waals surface area contributed by atoms with E-state index in [2.05, 4.69) is 12.1 Å². The summed E-state index contributed by atoms with van der Waals surface area (Å²) in [6.07, 6.45) is 11.5. The first-order valence-corrected chi connectivity index (χ1v) is 8.49. The van der Waals surface area contributed by atoms with Gasteiger partial charge in [0.05, 0.1) is 6.61 Å². The lowest BCUT2D eigenvalue weighted by Gasteiger charge is -2.33. The summed E-state index contributed by atoms with van der Waals surface area (Å²) >= 11 is 0. The van der Waals surface area contributed by atoms with Gasteiger partial charge in [-0.25, -0.2) is 0 Å². The third-order valence-electron chi connectivity index (χ3n) is 5.82. The molecule has 4 aliphatic rings. The average molecular weight is 281 g/mol. The minimum Gasteiger partial charge on any atom is -0.347 e. The molecule has 0 unspecified atom stereocenters. The van der Waals surface area contributed by atoms with Crippen LogP contribution in [0.25, 0.3) is 0 Å². The lowest BCUT2D eigenvalue weighted by atomic mass is 9.80. The third-order valence-corrected chi connectivity index (χ3v) is 5.82. The summed E-state index contributed by atoms with van der Waals surface area (Å²) in [7, 11) is 2.09. The fraction of sp³-hybridized carbons (Fsp3) is 1.00. The molecule has 2 heterocycles. The summed E-state index contributed by atoms with van der Waals surface area (Å²) < 4.78 is 12.5. The lowest BCUT2D eigenvalue weighted by Crippen LogP contribution is -2.40. The normalized spacial score (nSPS) is 44.9. The second kappa shape index (κ2) is 5.24. The molecule has 2 aliphatic carbocycles. The van der Waals surface area contributed by atoms with Gasteiger partial charge in [0.1, 0.15) is 12.2 Å². The molecule has 2 saturated carbocycles. The Morgan fingerprint density at radius 3 is 2.65 bits per heavy atom. The number of hydroxylamine groups is 2. The van der Waals surface area contributed by atoms with E-state index in [1.54, 1.807) is 0 Å². The van der Waals surface area contributed by atoms with Crippen LogP contribution in [0.3, 0.4) is 0 Å². The zero-order chi connectivity index (χ0) is 13.6. The van der Waals surface area contributed by atoms with Gasteiger partial charge in [0.15, 0.2) is 5.79 Å². The Kier molecular flexibility index (Phi) is 3.53. The summed E-state index contributed by atoms with van der Waals surface area (Å²) in [4.78, 5) is 6.15. The fourth-order valence-corrected chi connectivity index (χ4v) is 4.76. The van der Waals surface area contributed by atoms with Crippen LogP contribution in [0.5, 0.6) is 0 Å². The number of nitrogens with zero attached hydrogens (tertiary/aromatic N) is 1. The molecule has 4 rings (SSSR count). The third kappa shape index (κ3) is 2.21. The van der Waals surface area contributed by atoms with Crippen molar-refractivity contribution in [3.8, 4) is 0 Å². The molecule has 1 spiro atoms. The number of hydrogen-bond donors (Lipinski definition) is 0. The highest BCUT2D eigenvalue weighted by atomic mass is 16.8. The Morgan fingerprint density at radius 2 is 1.80 bits per heavy atom. The van der Waals surface area contributed by atoms with Gasteiger partial charge >= 0.3 is 0 Å². The van der Waals surface area contributed by atoms with E-state index in [0.29, 0.717) is 12.0 Å². The molecule has 114 valence electrons. The molecular weight excluding hydrogens is 254 g/mol. The molecule has 0 aromatic rings. The van der Waals surface area contributed by atoms with Gasteiger partial charge in [-0.15, -0.1) is 0 Å². The molecule has 2 saturated heterocycles. The summed E-state index contributed by atoms with van der Waals surface area (Å²) in [5.41, 5.74) is 0. The van der Waals surface area contributed by atoms with Gasteiger partial charge in [0.2, 0.25) is 0 Å². The summed E-state index contributed by atoms with van der Waals surface area (Å²) in [6, 6.07) is 0.597. The second-order valence-electron chi connectivity index (χ2n) is 7.07. The van der Waals surface area contributed by atoms with Gasteiger partial charge in [0.25, 0.3) is 0 Å². The van der Waals surface area contributed by atoms with Crippen molar-refractivity contribution < 1.29 is 14.3 Å². The first-order valence-electron chi connectivity index (χ1n) is 8.49. The monoisotopic (exact) mass is 281 g/mol. The predicted molar refractivity (Wildman–Crippen MR) is 75.0 cm³/mol. The van der Waals surface area contributed by atoms with Crippen LogP contribution in [-0.2, 0) is 14.3 Å². The Bertz CT molecular complexity index is 356. The van der Waals surface area contributed by atoms with Crippen molar-refractivity contribution in [2.45, 2.75) is 81.8 Å². The number of fused-ring (bicyclic) bond motifs is 1. The minimum absolute atomic E-state index is 0.142. The molecule has 20 heavy (non-hydrogen) atoms. The maximum Gasteiger partial charge on any atom is 0.169 e. The molecule has 0 N–H and O–H groups in total. The lowest BCUT2D eigenvalue weighted by molar-refractivity contribution is -0.217. The Morgan fingerprint density at radius 1 is 1.00 bits per heavy atom. The van der Waals surface area contributed by atoms with Gasteiger partial charge in [-0.3, -0.25) is 4.84 Å². The van der Waals surface area contributed by atoms with Crippen molar-refractivity contribution in [2.75, 3.05) is 13.7 Å². The highest BCUT2D eigenvalue weighted by Gasteiger charge is 2.52. The van der Waals surface area contributed by atoms with Crippen LogP contribution in [0.1, 0.15) is 57.8 Å². The van der Waals surface area contributed by atoms with E-state index in [1.807, 2.05) is 0 Å². The van der Waals surface area contributed by atoms with Crippen molar-refractivity contribution in [3.63, 3.8) is 0 Å². The number of ether oxygens (including phenoxy) is 2. The highest BCUT2D eigenvalue weighted by molar-refractivity contribution is 4.96. The Hall–Kier alpha value is -0.160. The Balaban J connectivity index is 1.46. The van der Waals surface area contributed by atoms with E-state index in [-0.39, 0.29) is 18.0 Å². The predicted octanol–water partition coefficient (Wildman–Crippen LogP) is 2.87. The van der Waals surface area contributed by atoms with Crippen LogP contribution in [-0.4, -0.2) is 42.8 Å². The van der Waals surface area contributed by atoms with E-state index < -0.39 is 0 Å². The van der Waals surface area contributed by atoms with Gasteiger partial charge in [0, 0.05) is 31.8 Å². The van der Waals surface area contributed by atoms with E-state index in [1.165, 1.54) is 44.9 Å². The van der Waals surface area contributed by atoms with Gasteiger partial charge in [-0.1, -0.05) is 19.3 Å². The molecule has 0 amide bonds. The number of hydrogen-bond acceptors (Lipinski definition) is 4. The smallest absolute Gasteiger partial charge is 0.169 e. The largest absolute Gasteiger partial charge is 0.347 e. The first-order chi connectivity index (χ1) is 9.77. The topological polar surface area (TPSA) is 30.9 Å². The van der Waals surface area contributed by atoms with Gasteiger partial charge < -0.3 is 9.47 Å². The van der Waals surface area contributed by atoms with Crippen molar-refractivity contribution in [2.24, 2.45) is 5.92 Å². The van der Waals surface area contributed by atoms with E-state index in [9.17, 15) is 0 Å². The molecule has 4 atom stereocenters. The molecule has 4 heteroatoms. The first kappa shape index (κ1) is 13.5. The van der Waals surface area contributed by atoms with Crippen molar-refractivity contribution in [1.82, 2.24) is 5.06 Å². The standard InChI is InChI=1S/C16H27NO3/c1-17-13-8-4-3-7-12(13)15(20-17)14-11-18-16(19-14)9-5-2-6-10-16/h12-15H,2-11H2,1H3/t12-,13+,14+,15+/m0/s1. The molecule has 4 nitrogen and oxygen atoms in total. The maximum atomic E-state index is 6.40. The SMILES string of the molecule is CN1O[C@@H]([C@H]2COC3(CCCCC3)O2)[C@H]2CCCC[C@H]21. The molecule has 0 aromatic heterocycles.